The summed E-state index contributed by atoms with van der Waals surface area (Å²) in [5.41, 5.74) is 2.42. The Labute approximate surface area is 188 Å². The summed E-state index contributed by atoms with van der Waals surface area (Å²) < 4.78 is 26.8. The number of benzene rings is 2. The number of hydrogen-bond donors (Lipinski definition) is 1. The molecule has 5 nitrogen and oxygen atoms in total. The van der Waals surface area contributed by atoms with Crippen LogP contribution in [-0.4, -0.2) is 37.8 Å². The van der Waals surface area contributed by atoms with Crippen LogP contribution in [-0.2, 0) is 21.2 Å². The number of sulfonamides is 1. The summed E-state index contributed by atoms with van der Waals surface area (Å²) >= 11 is 12.3. The third-order valence-corrected chi connectivity index (χ3v) is 8.20. The first-order valence-corrected chi connectivity index (χ1v) is 12.0. The SMILES string of the molecule is Cc1ccc(S(=O)(=O)N(C)CC(=O)NC2(Cc3ccc(Cl)cc3Cl)CCC2)cc1C. The summed E-state index contributed by atoms with van der Waals surface area (Å²) in [6, 6.07) is 10.3. The van der Waals surface area contributed by atoms with Crippen molar-refractivity contribution in [1.82, 2.24) is 9.62 Å². The predicted molar refractivity (Wildman–Crippen MR) is 121 cm³/mol. The highest BCUT2D eigenvalue weighted by atomic mass is 35.5. The number of carbonyl (C=O) groups excluding carboxylic acids is 1. The summed E-state index contributed by atoms with van der Waals surface area (Å²) in [5, 5.41) is 4.19. The van der Waals surface area contributed by atoms with Crippen LogP contribution in [0.1, 0.15) is 36.0 Å². The Bertz CT molecular complexity index is 1070. The topological polar surface area (TPSA) is 66.5 Å². The van der Waals surface area contributed by atoms with E-state index in [9.17, 15) is 13.2 Å². The van der Waals surface area contributed by atoms with Crippen molar-refractivity contribution in [1.29, 1.82) is 0 Å². The van der Waals surface area contributed by atoms with Crippen molar-refractivity contribution >= 4 is 39.1 Å². The quantitative estimate of drug-likeness (QED) is 0.649. The highest BCUT2D eigenvalue weighted by Crippen LogP contribution is 2.37. The summed E-state index contributed by atoms with van der Waals surface area (Å²) in [4.78, 5) is 12.9. The van der Waals surface area contributed by atoms with Crippen molar-refractivity contribution in [2.45, 2.75) is 50.0 Å². The Morgan fingerprint density at radius 3 is 2.37 bits per heavy atom. The molecule has 8 heteroatoms. The van der Waals surface area contributed by atoms with Gasteiger partial charge in [0.25, 0.3) is 0 Å². The van der Waals surface area contributed by atoms with Gasteiger partial charge >= 0.3 is 0 Å². The van der Waals surface area contributed by atoms with Gasteiger partial charge < -0.3 is 5.32 Å². The first-order valence-electron chi connectivity index (χ1n) is 9.81. The summed E-state index contributed by atoms with van der Waals surface area (Å²) in [6.07, 6.45) is 3.24. The van der Waals surface area contributed by atoms with Crippen molar-refractivity contribution in [3.63, 3.8) is 0 Å². The lowest BCUT2D eigenvalue weighted by Crippen LogP contribution is -2.57. The second-order valence-corrected chi connectivity index (χ2v) is 11.0. The monoisotopic (exact) mass is 468 g/mol. The molecule has 0 radical (unpaired) electrons. The maximum Gasteiger partial charge on any atom is 0.243 e. The van der Waals surface area contributed by atoms with Gasteiger partial charge in [-0.05, 0) is 80.5 Å². The Morgan fingerprint density at radius 1 is 1.10 bits per heavy atom. The second-order valence-electron chi connectivity index (χ2n) is 8.10. The van der Waals surface area contributed by atoms with Crippen LogP contribution in [0.4, 0.5) is 0 Å². The number of amides is 1. The molecule has 0 saturated heterocycles. The Balaban J connectivity index is 1.69. The molecule has 1 aliphatic rings. The van der Waals surface area contributed by atoms with Crippen LogP contribution < -0.4 is 5.32 Å². The molecule has 0 bridgehead atoms. The van der Waals surface area contributed by atoms with Gasteiger partial charge in [-0.15, -0.1) is 0 Å². The van der Waals surface area contributed by atoms with Crippen LogP contribution in [0.15, 0.2) is 41.3 Å². The van der Waals surface area contributed by atoms with Crippen molar-refractivity contribution < 1.29 is 13.2 Å². The number of halogens is 2. The highest BCUT2D eigenvalue weighted by molar-refractivity contribution is 7.89. The fourth-order valence-electron chi connectivity index (χ4n) is 3.66. The van der Waals surface area contributed by atoms with Crippen molar-refractivity contribution in [3.05, 3.63) is 63.1 Å². The molecule has 0 heterocycles. The average Bonchev–Trinajstić information content (AvgIpc) is 2.63. The highest BCUT2D eigenvalue weighted by Gasteiger charge is 2.39. The fraction of sp³-hybridized carbons (Fsp3) is 0.409. The maximum atomic E-state index is 12.9. The molecule has 3 rings (SSSR count). The minimum atomic E-state index is -3.75. The van der Waals surface area contributed by atoms with E-state index in [-0.39, 0.29) is 17.3 Å². The largest absolute Gasteiger partial charge is 0.349 e. The average molecular weight is 469 g/mol. The zero-order chi connectivity index (χ0) is 22.1. The third-order valence-electron chi connectivity index (χ3n) is 5.81. The smallest absolute Gasteiger partial charge is 0.243 e. The van der Waals surface area contributed by atoms with Crippen LogP contribution in [0.25, 0.3) is 0 Å². The maximum absolute atomic E-state index is 12.9. The van der Waals surface area contributed by atoms with E-state index in [1.165, 1.54) is 7.05 Å². The van der Waals surface area contributed by atoms with E-state index < -0.39 is 15.6 Å². The number of likely N-dealkylation sites (N-methyl/N-ethyl adjacent to an activating group) is 1. The Morgan fingerprint density at radius 2 is 1.80 bits per heavy atom. The number of rotatable bonds is 7. The molecular formula is C22H26Cl2N2O3S. The predicted octanol–water partition coefficient (Wildman–Crippen LogP) is 4.51. The number of nitrogens with one attached hydrogen (secondary N) is 1. The van der Waals surface area contributed by atoms with E-state index in [4.69, 9.17) is 23.2 Å². The van der Waals surface area contributed by atoms with E-state index in [0.29, 0.717) is 16.5 Å². The lowest BCUT2D eigenvalue weighted by Gasteiger charge is -2.43. The van der Waals surface area contributed by atoms with E-state index in [0.717, 1.165) is 40.3 Å². The van der Waals surface area contributed by atoms with Crippen molar-refractivity contribution in [3.8, 4) is 0 Å². The first kappa shape index (κ1) is 23.1. The van der Waals surface area contributed by atoms with Crippen LogP contribution in [0.5, 0.6) is 0 Å². The Hall–Kier alpha value is -1.60. The van der Waals surface area contributed by atoms with Gasteiger partial charge in [0.15, 0.2) is 0 Å². The summed E-state index contributed by atoms with van der Waals surface area (Å²) in [6.45, 7) is 3.54. The zero-order valence-electron chi connectivity index (χ0n) is 17.3. The van der Waals surface area contributed by atoms with Crippen molar-refractivity contribution in [2.24, 2.45) is 0 Å². The first-order chi connectivity index (χ1) is 14.0. The molecule has 0 aromatic heterocycles. The minimum Gasteiger partial charge on any atom is -0.349 e. The normalized spacial score (nSPS) is 15.7. The molecule has 0 atom stereocenters. The van der Waals surface area contributed by atoms with Crippen LogP contribution in [0.2, 0.25) is 10.0 Å². The molecule has 30 heavy (non-hydrogen) atoms. The van der Waals surface area contributed by atoms with E-state index in [1.807, 2.05) is 19.9 Å². The molecule has 0 aliphatic heterocycles. The molecule has 1 N–H and O–H groups in total. The zero-order valence-corrected chi connectivity index (χ0v) is 19.7. The fourth-order valence-corrected chi connectivity index (χ4v) is 5.34. The third kappa shape index (κ3) is 4.99. The molecule has 0 spiro atoms. The molecule has 1 amide bonds. The van der Waals surface area contributed by atoms with Gasteiger partial charge in [-0.2, -0.15) is 4.31 Å². The molecule has 1 fully saturated rings. The molecule has 0 unspecified atom stereocenters. The molecule has 1 saturated carbocycles. The van der Waals surface area contributed by atoms with Crippen molar-refractivity contribution in [2.75, 3.05) is 13.6 Å². The molecular weight excluding hydrogens is 443 g/mol. The van der Waals surface area contributed by atoms with Gasteiger partial charge in [0.1, 0.15) is 0 Å². The second kappa shape index (κ2) is 8.87. The summed E-state index contributed by atoms with van der Waals surface area (Å²) in [7, 11) is -2.33. The number of hydrogen-bond acceptors (Lipinski definition) is 3. The molecule has 162 valence electrons. The molecule has 2 aromatic carbocycles. The van der Waals surface area contributed by atoms with Crippen LogP contribution >= 0.6 is 23.2 Å². The number of carbonyl (C=O) groups is 1. The number of aryl methyl sites for hydroxylation is 2. The van der Waals surface area contributed by atoms with E-state index in [2.05, 4.69) is 5.32 Å². The molecule has 1 aliphatic carbocycles. The van der Waals surface area contributed by atoms with E-state index >= 15 is 0 Å². The van der Waals surface area contributed by atoms with Gasteiger partial charge in [0, 0.05) is 22.6 Å². The lowest BCUT2D eigenvalue weighted by molar-refractivity contribution is -0.124. The summed E-state index contributed by atoms with van der Waals surface area (Å²) in [5.74, 6) is -0.324. The standard InChI is InChI=1S/C22H26Cl2N2O3S/c1-15-5-8-19(11-16(15)2)30(28,29)26(3)14-21(27)25-22(9-4-10-22)13-17-6-7-18(23)12-20(17)24/h5-8,11-12H,4,9-10,13-14H2,1-3H3,(H,25,27). The van der Waals surface area contributed by atoms with Gasteiger partial charge in [0.2, 0.25) is 15.9 Å². The lowest BCUT2D eigenvalue weighted by atomic mass is 9.72. The van der Waals surface area contributed by atoms with E-state index in [1.54, 1.807) is 30.3 Å². The number of nitrogens with zero attached hydrogens (tertiary/aromatic N) is 1. The van der Waals surface area contributed by atoms with Gasteiger partial charge in [0.05, 0.1) is 11.4 Å². The van der Waals surface area contributed by atoms with Gasteiger partial charge in [-0.25, -0.2) is 8.42 Å². The van der Waals surface area contributed by atoms with Crippen LogP contribution in [0, 0.1) is 13.8 Å². The minimum absolute atomic E-state index is 0.187. The van der Waals surface area contributed by atoms with Gasteiger partial charge in [-0.3, -0.25) is 4.79 Å². The Kier molecular flexibility index (Phi) is 6.82. The van der Waals surface area contributed by atoms with Gasteiger partial charge in [-0.1, -0.05) is 35.3 Å². The van der Waals surface area contributed by atoms with Crippen LogP contribution in [0.3, 0.4) is 0 Å². The molecule has 2 aromatic rings.